The highest BCUT2D eigenvalue weighted by Crippen LogP contribution is 2.27. The smallest absolute Gasteiger partial charge is 0.246 e. The first-order valence-corrected chi connectivity index (χ1v) is 33.4. The van der Waals surface area contributed by atoms with Gasteiger partial charge in [0.1, 0.15) is 54.4 Å². The van der Waals surface area contributed by atoms with Crippen molar-refractivity contribution in [3.8, 4) is 0 Å². The van der Waals surface area contributed by atoms with Crippen molar-refractivity contribution in [3.63, 3.8) is 0 Å². The molecule has 1 aliphatic heterocycles. The molecule has 25 heteroatoms. The van der Waals surface area contributed by atoms with Crippen LogP contribution in [-0.4, -0.2) is 257 Å². The number of nitrogens with one attached hydrogen (secondary N) is 4. The molecule has 2 aromatic rings. The Labute approximate surface area is 559 Å². The standard InChI is InChI=1S/C69H115N13O12/c1-26-43(14)54-64(89)79(22)58(42(12)13)69(94)80(23)56(40(8)9)65(90)76(19)37-52(85)77(20)57(41(10)11)68(93)82(25)60(45(16)28-3)67(92)75(18)36-51(84)72-53(38(4)5)63(88)81(24)59(44(15)27-2)66(91)74(17)35-50(83)71-49(33-46-34-70-48-32-30-29-31-47(46)48)62(87)78(21)55(39(6)7)61(86)73-54/h29-32,34,38-45,49,53-60,70H,26-28,33,35-37H2,1-25H3,(H,71,83)(H,72,84)(H,73,86). The average molecular weight is 1320 g/mol. The lowest BCUT2D eigenvalue weighted by molar-refractivity contribution is -0.156. The van der Waals surface area contributed by atoms with Gasteiger partial charge in [-0.2, -0.15) is 0 Å². The average Bonchev–Trinajstić information content (AvgIpc) is 0.902. The lowest BCUT2D eigenvalue weighted by Crippen LogP contribution is -2.63. The van der Waals surface area contributed by atoms with Gasteiger partial charge in [0.15, 0.2) is 0 Å². The summed E-state index contributed by atoms with van der Waals surface area (Å²) in [7, 11) is 13.0. The van der Waals surface area contributed by atoms with Crippen LogP contribution in [0.15, 0.2) is 30.5 Å². The number of carbonyl (C=O) groups is 12. The molecule has 0 saturated carbocycles. The summed E-state index contributed by atoms with van der Waals surface area (Å²) >= 11 is 0. The van der Waals surface area contributed by atoms with E-state index < -0.39 is 192 Å². The highest BCUT2D eigenvalue weighted by atomic mass is 16.2. The Bertz CT molecular complexity index is 3000. The Balaban J connectivity index is 2.31. The molecule has 12 atom stereocenters. The number of rotatable bonds is 13. The number of para-hydroxylation sites is 1. The minimum Gasteiger partial charge on any atom is -0.361 e. The van der Waals surface area contributed by atoms with Crippen LogP contribution in [0, 0.1) is 47.3 Å². The van der Waals surface area contributed by atoms with Gasteiger partial charge in [-0.25, -0.2) is 0 Å². The largest absolute Gasteiger partial charge is 0.361 e. The minimum atomic E-state index is -1.32. The second-order valence-corrected chi connectivity index (χ2v) is 28.1. The zero-order valence-corrected chi connectivity index (χ0v) is 61.1. The summed E-state index contributed by atoms with van der Waals surface area (Å²) in [6, 6.07) is -3.25. The number of carbonyl (C=O) groups excluding carboxylic acids is 12. The fraction of sp³-hybridized carbons (Fsp3) is 0.710. The van der Waals surface area contributed by atoms with E-state index in [-0.39, 0.29) is 6.42 Å². The Morgan fingerprint density at radius 1 is 0.383 bits per heavy atom. The summed E-state index contributed by atoms with van der Waals surface area (Å²) in [6.45, 7) is 26.8. The molecule has 2 heterocycles. The molecule has 1 aromatic heterocycles. The fourth-order valence-corrected chi connectivity index (χ4v) is 12.9. The van der Waals surface area contributed by atoms with E-state index in [0.717, 1.165) is 10.9 Å². The van der Waals surface area contributed by atoms with E-state index in [4.69, 9.17) is 0 Å². The van der Waals surface area contributed by atoms with E-state index in [9.17, 15) is 43.2 Å². The molecule has 0 aliphatic carbocycles. The van der Waals surface area contributed by atoms with E-state index in [2.05, 4.69) is 20.9 Å². The summed E-state index contributed by atoms with van der Waals surface area (Å²) in [5.74, 6) is -11.6. The maximum Gasteiger partial charge on any atom is 0.246 e. The van der Waals surface area contributed by atoms with Gasteiger partial charge in [0.25, 0.3) is 0 Å². The van der Waals surface area contributed by atoms with Crippen molar-refractivity contribution >= 4 is 81.8 Å². The minimum absolute atomic E-state index is 0.0528. The van der Waals surface area contributed by atoms with Crippen LogP contribution in [0.3, 0.4) is 0 Å². The van der Waals surface area contributed by atoms with E-state index in [1.807, 2.05) is 45.0 Å². The molecular formula is C69H115N13O12. The number of fused-ring (bicyclic) bond motifs is 1. The molecule has 0 spiro atoms. The van der Waals surface area contributed by atoms with Crippen LogP contribution >= 0.6 is 0 Å². The predicted octanol–water partition coefficient (Wildman–Crippen LogP) is 3.93. The van der Waals surface area contributed by atoms with Gasteiger partial charge in [-0.1, -0.05) is 148 Å². The van der Waals surface area contributed by atoms with E-state index >= 15 is 14.4 Å². The molecule has 1 fully saturated rings. The number of hydrogen-bond acceptors (Lipinski definition) is 12. The SMILES string of the molecule is CCC(C)C1NC(=O)C(C(C)C)N(C)C(=O)C(Cc2c[nH]c3ccccc23)NC(=O)CN(C)C(=O)C(C(C)CC)N(C)C(=O)C(C(C)C)NC(=O)CN(C)C(=O)C(C(C)CC)N(C)C(=O)C(C(C)C)N(C)C(=O)CN(C)C(=O)C(C(C)C)N(C)C(=O)C(C(C)C)N(C)C1=O. The van der Waals surface area contributed by atoms with Crippen LogP contribution in [-0.2, 0) is 64.0 Å². The van der Waals surface area contributed by atoms with Gasteiger partial charge in [0, 0.05) is 86.9 Å². The van der Waals surface area contributed by atoms with Gasteiger partial charge in [0.2, 0.25) is 70.9 Å². The van der Waals surface area contributed by atoms with E-state index in [1.54, 1.807) is 96.2 Å². The molecule has 94 heavy (non-hydrogen) atoms. The lowest BCUT2D eigenvalue weighted by atomic mass is 9.93. The van der Waals surface area contributed by atoms with Crippen molar-refractivity contribution in [2.24, 2.45) is 47.3 Å². The van der Waals surface area contributed by atoms with Crippen LogP contribution in [0.5, 0.6) is 0 Å². The third-order valence-electron chi connectivity index (χ3n) is 19.1. The highest BCUT2D eigenvalue weighted by molar-refractivity contribution is 6.00. The number of hydrogen-bond donors (Lipinski definition) is 4. The quantitative estimate of drug-likeness (QED) is 0.222. The van der Waals surface area contributed by atoms with Crippen molar-refractivity contribution in [1.82, 2.24) is 65.0 Å². The zero-order valence-electron chi connectivity index (χ0n) is 61.1. The van der Waals surface area contributed by atoms with Crippen molar-refractivity contribution in [2.75, 3.05) is 83.1 Å². The van der Waals surface area contributed by atoms with Gasteiger partial charge in [-0.05, 0) is 59.0 Å². The lowest BCUT2D eigenvalue weighted by Gasteiger charge is -2.41. The van der Waals surface area contributed by atoms with Crippen LogP contribution in [0.1, 0.15) is 136 Å². The Kier molecular flexibility index (Phi) is 30.2. The molecule has 4 N–H and O–H groups in total. The van der Waals surface area contributed by atoms with Crippen LogP contribution in [0.2, 0.25) is 0 Å². The van der Waals surface area contributed by atoms with Gasteiger partial charge in [-0.15, -0.1) is 0 Å². The molecular weight excluding hydrogens is 1200 g/mol. The first kappa shape index (κ1) is 80.6. The maximum absolute atomic E-state index is 15.2. The van der Waals surface area contributed by atoms with Crippen LogP contribution in [0.25, 0.3) is 10.9 Å². The third-order valence-corrected chi connectivity index (χ3v) is 19.1. The third kappa shape index (κ3) is 19.3. The van der Waals surface area contributed by atoms with E-state index in [1.165, 1.54) is 108 Å². The first-order valence-electron chi connectivity index (χ1n) is 33.4. The number of amides is 12. The molecule has 3 rings (SSSR count). The summed E-state index contributed by atoms with van der Waals surface area (Å²) in [5, 5.41) is 9.40. The Hall–Kier alpha value is -7.60. The molecule has 25 nitrogen and oxygen atoms in total. The number of benzene rings is 1. The van der Waals surface area contributed by atoms with E-state index in [0.29, 0.717) is 24.8 Å². The van der Waals surface area contributed by atoms with Gasteiger partial charge < -0.3 is 65.0 Å². The topological polar surface area (TPSA) is 286 Å². The monoisotopic (exact) mass is 1320 g/mol. The number of H-pyrrole nitrogens is 1. The van der Waals surface area contributed by atoms with Crippen molar-refractivity contribution in [3.05, 3.63) is 36.0 Å². The Morgan fingerprint density at radius 2 is 0.755 bits per heavy atom. The van der Waals surface area contributed by atoms with Crippen LogP contribution in [0.4, 0.5) is 0 Å². The summed E-state index contributed by atoms with van der Waals surface area (Å²) in [4.78, 5) is 191. The normalized spacial score (nSPS) is 25.5. The summed E-state index contributed by atoms with van der Waals surface area (Å²) in [6.07, 6.45) is 2.95. The fourth-order valence-electron chi connectivity index (χ4n) is 12.9. The molecule has 0 bridgehead atoms. The van der Waals surface area contributed by atoms with Gasteiger partial charge in [0.05, 0.1) is 19.6 Å². The summed E-state index contributed by atoms with van der Waals surface area (Å²) < 4.78 is 0. The van der Waals surface area contributed by atoms with Crippen molar-refractivity contribution in [2.45, 2.75) is 191 Å². The van der Waals surface area contributed by atoms with Crippen molar-refractivity contribution in [1.29, 1.82) is 0 Å². The molecule has 1 aromatic carbocycles. The first-order chi connectivity index (χ1) is 43.7. The summed E-state index contributed by atoms with van der Waals surface area (Å²) in [5.41, 5.74) is 1.44. The second-order valence-electron chi connectivity index (χ2n) is 28.1. The second kappa shape index (κ2) is 35.2. The molecule has 12 unspecified atom stereocenters. The number of nitrogens with zero attached hydrogens (tertiary/aromatic N) is 9. The van der Waals surface area contributed by atoms with Crippen LogP contribution < -0.4 is 16.0 Å². The number of likely N-dealkylation sites (N-methyl/N-ethyl adjacent to an activating group) is 9. The number of aromatic nitrogens is 1. The maximum atomic E-state index is 15.2. The molecule has 12 amide bonds. The molecule has 1 saturated heterocycles. The highest BCUT2D eigenvalue weighted by Gasteiger charge is 2.46. The molecule has 528 valence electrons. The van der Waals surface area contributed by atoms with Crippen molar-refractivity contribution < 1.29 is 57.5 Å². The van der Waals surface area contributed by atoms with Gasteiger partial charge >= 0.3 is 0 Å². The Morgan fingerprint density at radius 3 is 1.21 bits per heavy atom. The predicted molar refractivity (Wildman–Crippen MR) is 363 cm³/mol. The molecule has 1 aliphatic rings. The number of aromatic amines is 1. The molecule has 0 radical (unpaired) electrons. The zero-order chi connectivity index (χ0) is 72.0. The van der Waals surface area contributed by atoms with Gasteiger partial charge in [-0.3, -0.25) is 57.5 Å².